The first-order valence-corrected chi connectivity index (χ1v) is 7.74. The average molecular weight is 295 g/mol. The van der Waals surface area contributed by atoms with Crippen LogP contribution in [0.25, 0.3) is 0 Å². The predicted molar refractivity (Wildman–Crippen MR) is 82.7 cm³/mol. The third-order valence-corrected chi connectivity index (χ3v) is 4.20. The van der Waals surface area contributed by atoms with Gasteiger partial charge in [0.15, 0.2) is 0 Å². The Morgan fingerprint density at radius 2 is 2.10 bits per heavy atom. The molecule has 1 fully saturated rings. The second kappa shape index (κ2) is 6.89. The summed E-state index contributed by atoms with van der Waals surface area (Å²) < 4.78 is 1.67. The molecule has 7 heteroatoms. The first kappa shape index (κ1) is 15.8. The maximum Gasteiger partial charge on any atom is 0.334 e. The lowest BCUT2D eigenvalue weighted by atomic mass is 9.97. The van der Waals surface area contributed by atoms with E-state index in [0.717, 1.165) is 39.0 Å². The van der Waals surface area contributed by atoms with Crippen LogP contribution in [-0.2, 0) is 13.5 Å². The largest absolute Gasteiger partial charge is 0.351 e. The van der Waals surface area contributed by atoms with Crippen molar-refractivity contribution in [3.05, 3.63) is 15.8 Å². The molecule has 1 aliphatic rings. The van der Waals surface area contributed by atoms with E-state index >= 15 is 0 Å². The molecule has 1 aromatic rings. The van der Waals surface area contributed by atoms with Crippen molar-refractivity contribution in [1.82, 2.24) is 15.1 Å². The van der Waals surface area contributed by atoms with E-state index in [1.807, 2.05) is 13.8 Å². The van der Waals surface area contributed by atoms with E-state index in [0.29, 0.717) is 23.9 Å². The van der Waals surface area contributed by atoms with Crippen molar-refractivity contribution in [2.45, 2.75) is 33.1 Å². The van der Waals surface area contributed by atoms with Crippen molar-refractivity contribution in [2.24, 2.45) is 13.0 Å². The highest BCUT2D eigenvalue weighted by atomic mass is 16.6. The summed E-state index contributed by atoms with van der Waals surface area (Å²) in [6.07, 6.45) is 2.83. The van der Waals surface area contributed by atoms with E-state index < -0.39 is 0 Å². The van der Waals surface area contributed by atoms with Gasteiger partial charge in [0, 0.05) is 20.1 Å². The second-order valence-corrected chi connectivity index (χ2v) is 5.59. The Balaban J connectivity index is 2.28. The Hall–Kier alpha value is -1.63. The summed E-state index contributed by atoms with van der Waals surface area (Å²) in [5.74, 6) is 1.24. The van der Waals surface area contributed by atoms with Gasteiger partial charge in [-0.1, -0.05) is 6.92 Å². The van der Waals surface area contributed by atoms with Gasteiger partial charge in [-0.2, -0.15) is 5.10 Å². The van der Waals surface area contributed by atoms with E-state index in [1.165, 1.54) is 0 Å². The van der Waals surface area contributed by atoms with Crippen molar-refractivity contribution in [2.75, 3.05) is 31.1 Å². The van der Waals surface area contributed by atoms with E-state index in [1.54, 1.807) is 11.7 Å². The summed E-state index contributed by atoms with van der Waals surface area (Å²) in [6.45, 7) is 7.65. The molecule has 1 aliphatic heterocycles. The van der Waals surface area contributed by atoms with Crippen LogP contribution in [0.3, 0.4) is 0 Å². The molecule has 7 nitrogen and oxygen atoms in total. The first-order valence-electron chi connectivity index (χ1n) is 7.74. The molecule has 0 aromatic carbocycles. The average Bonchev–Trinajstić information content (AvgIpc) is 2.82. The molecular weight excluding hydrogens is 270 g/mol. The normalized spacial score (nSPS) is 16.1. The molecule has 0 saturated carbocycles. The van der Waals surface area contributed by atoms with E-state index in [9.17, 15) is 10.1 Å². The van der Waals surface area contributed by atoms with Crippen LogP contribution in [0.5, 0.6) is 0 Å². The fourth-order valence-electron chi connectivity index (χ4n) is 3.08. The van der Waals surface area contributed by atoms with Crippen molar-refractivity contribution in [1.29, 1.82) is 0 Å². The summed E-state index contributed by atoms with van der Waals surface area (Å²) >= 11 is 0. The molecule has 0 amide bonds. The zero-order valence-electron chi connectivity index (χ0n) is 13.1. The Kier molecular flexibility index (Phi) is 5.17. The van der Waals surface area contributed by atoms with E-state index in [2.05, 4.69) is 15.3 Å². The number of anilines is 1. The van der Waals surface area contributed by atoms with Gasteiger partial charge in [-0.05, 0) is 45.2 Å². The molecule has 1 saturated heterocycles. The molecule has 1 N–H and O–H groups in total. The Bertz CT molecular complexity index is 494. The smallest absolute Gasteiger partial charge is 0.334 e. The number of hydrogen-bond acceptors (Lipinski definition) is 5. The molecule has 0 radical (unpaired) electrons. The van der Waals surface area contributed by atoms with Crippen molar-refractivity contribution in [3.63, 3.8) is 0 Å². The highest BCUT2D eigenvalue weighted by molar-refractivity contribution is 5.61. The lowest BCUT2D eigenvalue weighted by Crippen LogP contribution is -2.37. The van der Waals surface area contributed by atoms with Gasteiger partial charge in [0.1, 0.15) is 5.69 Å². The molecule has 2 heterocycles. The standard InChI is InChI=1S/C14H25N5O2/c1-4-12-13(19(20)21)14(17(3)16-12)18(5-2)10-11-6-8-15-9-7-11/h11,15H,4-10H2,1-3H3. The summed E-state index contributed by atoms with van der Waals surface area (Å²) in [5, 5.41) is 19.1. The predicted octanol–water partition coefficient (Wildman–Crippen LogP) is 1.72. The molecule has 21 heavy (non-hydrogen) atoms. The number of rotatable bonds is 6. The molecule has 118 valence electrons. The van der Waals surface area contributed by atoms with Gasteiger partial charge < -0.3 is 10.2 Å². The molecular formula is C14H25N5O2. The maximum atomic E-state index is 11.4. The van der Waals surface area contributed by atoms with Crippen molar-refractivity contribution < 1.29 is 4.92 Å². The van der Waals surface area contributed by atoms with Crippen LogP contribution in [0.2, 0.25) is 0 Å². The number of nitro groups is 1. The molecule has 0 spiro atoms. The van der Waals surface area contributed by atoms with Gasteiger partial charge in [-0.15, -0.1) is 0 Å². The summed E-state index contributed by atoms with van der Waals surface area (Å²) in [5.41, 5.74) is 0.747. The van der Waals surface area contributed by atoms with Crippen molar-refractivity contribution >= 4 is 11.5 Å². The lowest BCUT2D eigenvalue weighted by molar-refractivity contribution is -0.384. The molecule has 0 atom stereocenters. The van der Waals surface area contributed by atoms with E-state index in [4.69, 9.17) is 0 Å². The topological polar surface area (TPSA) is 76.2 Å². The van der Waals surface area contributed by atoms with Gasteiger partial charge in [0.25, 0.3) is 0 Å². The van der Waals surface area contributed by atoms with Crippen LogP contribution in [-0.4, -0.2) is 40.9 Å². The molecule has 0 aliphatic carbocycles. The Morgan fingerprint density at radius 3 is 2.62 bits per heavy atom. The van der Waals surface area contributed by atoms with Gasteiger partial charge >= 0.3 is 5.69 Å². The van der Waals surface area contributed by atoms with Crippen LogP contribution in [0.15, 0.2) is 0 Å². The third kappa shape index (κ3) is 3.34. The van der Waals surface area contributed by atoms with E-state index in [-0.39, 0.29) is 10.6 Å². The first-order chi connectivity index (χ1) is 10.1. The van der Waals surface area contributed by atoms with Crippen LogP contribution < -0.4 is 10.2 Å². The van der Waals surface area contributed by atoms with Gasteiger partial charge in [0.2, 0.25) is 5.82 Å². The van der Waals surface area contributed by atoms with Crippen LogP contribution >= 0.6 is 0 Å². The van der Waals surface area contributed by atoms with Gasteiger partial charge in [-0.3, -0.25) is 10.1 Å². The number of piperidine rings is 1. The summed E-state index contributed by atoms with van der Waals surface area (Å²) in [7, 11) is 1.80. The monoisotopic (exact) mass is 295 g/mol. The molecule has 0 unspecified atom stereocenters. The van der Waals surface area contributed by atoms with Gasteiger partial charge in [0.05, 0.1) is 4.92 Å². The highest BCUT2D eigenvalue weighted by Gasteiger charge is 2.30. The zero-order valence-corrected chi connectivity index (χ0v) is 13.1. The SMILES string of the molecule is CCc1nn(C)c(N(CC)CC2CCNCC2)c1[N+](=O)[O-]. The Morgan fingerprint density at radius 1 is 1.43 bits per heavy atom. The van der Waals surface area contributed by atoms with Crippen molar-refractivity contribution in [3.8, 4) is 0 Å². The minimum Gasteiger partial charge on any atom is -0.351 e. The fourth-order valence-corrected chi connectivity index (χ4v) is 3.08. The fraction of sp³-hybridized carbons (Fsp3) is 0.786. The number of nitrogens with one attached hydrogen (secondary N) is 1. The van der Waals surface area contributed by atoms with Crippen LogP contribution in [0.4, 0.5) is 11.5 Å². The minimum absolute atomic E-state index is 0.177. The molecule has 1 aromatic heterocycles. The molecule has 0 bridgehead atoms. The lowest BCUT2D eigenvalue weighted by Gasteiger charge is -2.30. The number of aryl methyl sites for hydroxylation is 2. The maximum absolute atomic E-state index is 11.4. The second-order valence-electron chi connectivity index (χ2n) is 5.59. The van der Waals surface area contributed by atoms with Crippen LogP contribution in [0, 0.1) is 16.0 Å². The minimum atomic E-state index is -0.285. The van der Waals surface area contributed by atoms with Gasteiger partial charge in [-0.25, -0.2) is 4.68 Å². The number of aromatic nitrogens is 2. The molecule has 2 rings (SSSR count). The third-order valence-electron chi connectivity index (χ3n) is 4.20. The quantitative estimate of drug-likeness (QED) is 0.639. The Labute approximate surface area is 125 Å². The highest BCUT2D eigenvalue weighted by Crippen LogP contribution is 2.32. The number of hydrogen-bond donors (Lipinski definition) is 1. The van der Waals surface area contributed by atoms with Crippen LogP contribution in [0.1, 0.15) is 32.4 Å². The number of nitrogens with zero attached hydrogens (tertiary/aromatic N) is 4. The zero-order chi connectivity index (χ0) is 15.4. The summed E-state index contributed by atoms with van der Waals surface area (Å²) in [6, 6.07) is 0. The summed E-state index contributed by atoms with van der Waals surface area (Å²) in [4.78, 5) is 13.3.